The van der Waals surface area contributed by atoms with Gasteiger partial charge in [0.2, 0.25) is 0 Å². The van der Waals surface area contributed by atoms with Crippen LogP contribution in [0, 0.1) is 6.92 Å². The number of nitrogens with zero attached hydrogens (tertiary/aromatic N) is 2. The minimum Gasteiger partial charge on any atom is -0.452 e. The topological polar surface area (TPSA) is 138 Å². The van der Waals surface area contributed by atoms with E-state index in [9.17, 15) is 22.8 Å². The van der Waals surface area contributed by atoms with Crippen LogP contribution in [0.2, 0.25) is 5.02 Å². The summed E-state index contributed by atoms with van der Waals surface area (Å²) in [5.41, 5.74) is -0.0106. The molecular formula is C25H27ClN4O7S. The quantitative estimate of drug-likeness (QED) is 0.382. The first-order valence-corrected chi connectivity index (χ1v) is 13.7. The van der Waals surface area contributed by atoms with E-state index in [2.05, 4.69) is 10.0 Å². The molecule has 11 nitrogen and oxygen atoms in total. The first-order valence-electron chi connectivity index (χ1n) is 11.8. The number of benzene rings is 2. The third-order valence-electron chi connectivity index (χ3n) is 6.14. The number of nitrogens with one attached hydrogen (secondary N) is 2. The van der Waals surface area contributed by atoms with Crippen LogP contribution in [0.25, 0.3) is 5.69 Å². The lowest BCUT2D eigenvalue weighted by Gasteiger charge is -2.12. The average Bonchev–Trinajstić information content (AvgIpc) is 3.49. The Kier molecular flexibility index (Phi) is 8.24. The molecule has 1 saturated heterocycles. The van der Waals surface area contributed by atoms with Crippen molar-refractivity contribution in [2.45, 2.75) is 30.8 Å². The molecule has 0 aliphatic carbocycles. The average molecular weight is 563 g/mol. The van der Waals surface area contributed by atoms with Crippen LogP contribution < -0.4 is 15.6 Å². The lowest BCUT2D eigenvalue weighted by atomic mass is 10.2. The van der Waals surface area contributed by atoms with Crippen molar-refractivity contribution < 1.29 is 27.5 Å². The van der Waals surface area contributed by atoms with Crippen molar-refractivity contribution in [3.8, 4) is 5.69 Å². The molecule has 202 valence electrons. The van der Waals surface area contributed by atoms with Crippen LogP contribution in [0.3, 0.4) is 0 Å². The van der Waals surface area contributed by atoms with E-state index < -0.39 is 34.1 Å². The third-order valence-corrected chi connectivity index (χ3v) is 7.82. The molecule has 0 saturated carbocycles. The van der Waals surface area contributed by atoms with Crippen molar-refractivity contribution in [2.75, 3.05) is 24.5 Å². The fourth-order valence-corrected chi connectivity index (χ4v) is 5.34. The molecule has 1 aromatic heterocycles. The minimum absolute atomic E-state index is 0.0592. The van der Waals surface area contributed by atoms with Crippen molar-refractivity contribution in [2.24, 2.45) is 7.05 Å². The van der Waals surface area contributed by atoms with Crippen LogP contribution in [0.4, 0.5) is 5.69 Å². The maximum Gasteiger partial charge on any atom is 0.340 e. The first kappa shape index (κ1) is 27.4. The molecule has 1 fully saturated rings. The Balaban J connectivity index is 1.50. The summed E-state index contributed by atoms with van der Waals surface area (Å²) >= 11 is 6.12. The Morgan fingerprint density at radius 2 is 1.92 bits per heavy atom. The number of anilines is 1. The van der Waals surface area contributed by atoms with Gasteiger partial charge in [0.15, 0.2) is 6.61 Å². The molecule has 38 heavy (non-hydrogen) atoms. The second kappa shape index (κ2) is 11.4. The lowest BCUT2D eigenvalue weighted by molar-refractivity contribution is -0.124. The van der Waals surface area contributed by atoms with E-state index in [0.29, 0.717) is 24.5 Å². The Hall–Kier alpha value is -3.61. The van der Waals surface area contributed by atoms with E-state index in [1.165, 1.54) is 21.5 Å². The largest absolute Gasteiger partial charge is 0.452 e. The normalized spacial score (nSPS) is 15.3. The number of sulfonamides is 1. The Morgan fingerprint density at radius 1 is 1.18 bits per heavy atom. The van der Waals surface area contributed by atoms with E-state index >= 15 is 0 Å². The first-order chi connectivity index (χ1) is 18.1. The number of hydrogen-bond donors (Lipinski definition) is 2. The molecule has 1 atom stereocenters. The third kappa shape index (κ3) is 5.93. The maximum atomic E-state index is 13.2. The van der Waals surface area contributed by atoms with E-state index in [1.807, 2.05) is 0 Å². The summed E-state index contributed by atoms with van der Waals surface area (Å²) in [6, 6.07) is 12.2. The Morgan fingerprint density at radius 3 is 2.61 bits per heavy atom. The number of ether oxygens (including phenoxy) is 2. The standard InChI is InChI=1S/C25H27ClN4O7S/c1-16-23(24(32)30(29(16)2)17-7-4-3-5-8-17)28-38(34,35)19-10-11-21(26)20(13-19)25(33)37-15-22(31)27-14-18-9-6-12-36-18/h3-5,7-8,10-11,13,18,28H,6,9,12,14-15H2,1-2H3,(H,27,31). The van der Waals surface area contributed by atoms with Gasteiger partial charge in [0.25, 0.3) is 21.5 Å². The number of rotatable bonds is 9. The van der Waals surface area contributed by atoms with Crippen LogP contribution in [0.5, 0.6) is 0 Å². The molecule has 1 unspecified atom stereocenters. The second-order valence-electron chi connectivity index (χ2n) is 8.70. The SMILES string of the molecule is Cc1c(NS(=O)(=O)c2ccc(Cl)c(C(=O)OCC(=O)NCC3CCCO3)c2)c(=O)n(-c2ccccc2)n1C. The number of hydrogen-bond acceptors (Lipinski definition) is 7. The smallest absolute Gasteiger partial charge is 0.340 e. The maximum absolute atomic E-state index is 13.2. The zero-order chi connectivity index (χ0) is 27.4. The highest BCUT2D eigenvalue weighted by Gasteiger charge is 2.25. The fraction of sp³-hybridized carbons (Fsp3) is 0.320. The molecule has 2 heterocycles. The highest BCUT2D eigenvalue weighted by molar-refractivity contribution is 7.92. The zero-order valence-electron chi connectivity index (χ0n) is 20.8. The predicted octanol–water partition coefficient (Wildman–Crippen LogP) is 2.39. The number of carbonyl (C=O) groups is 2. The molecule has 0 bridgehead atoms. The van der Waals surface area contributed by atoms with Crippen molar-refractivity contribution >= 4 is 39.2 Å². The van der Waals surface area contributed by atoms with E-state index in [4.69, 9.17) is 21.1 Å². The van der Waals surface area contributed by atoms with Crippen LogP contribution in [-0.2, 0) is 31.3 Å². The molecule has 4 rings (SSSR count). The monoisotopic (exact) mass is 562 g/mol. The van der Waals surface area contributed by atoms with Gasteiger partial charge in [0.1, 0.15) is 5.69 Å². The van der Waals surface area contributed by atoms with Gasteiger partial charge in [-0.3, -0.25) is 19.0 Å². The molecule has 1 amide bonds. The molecule has 0 radical (unpaired) electrons. The van der Waals surface area contributed by atoms with Gasteiger partial charge in [-0.05, 0) is 50.1 Å². The van der Waals surface area contributed by atoms with Crippen LogP contribution >= 0.6 is 11.6 Å². The van der Waals surface area contributed by atoms with Gasteiger partial charge in [0.05, 0.1) is 33.0 Å². The van der Waals surface area contributed by atoms with Crippen LogP contribution in [0.15, 0.2) is 58.2 Å². The van der Waals surface area contributed by atoms with Crippen molar-refractivity contribution in [3.63, 3.8) is 0 Å². The van der Waals surface area contributed by atoms with Gasteiger partial charge >= 0.3 is 5.97 Å². The van der Waals surface area contributed by atoms with E-state index in [-0.39, 0.29) is 27.3 Å². The zero-order valence-corrected chi connectivity index (χ0v) is 22.3. The van der Waals surface area contributed by atoms with Gasteiger partial charge in [-0.15, -0.1) is 0 Å². The molecule has 3 aromatic rings. The fourth-order valence-electron chi connectivity index (χ4n) is 4.00. The Labute approximate surface area is 224 Å². The number of esters is 1. The lowest BCUT2D eigenvalue weighted by Crippen LogP contribution is -2.34. The van der Waals surface area contributed by atoms with Gasteiger partial charge in [-0.2, -0.15) is 0 Å². The van der Waals surface area contributed by atoms with Gasteiger partial charge in [0, 0.05) is 20.2 Å². The number of amides is 1. The summed E-state index contributed by atoms with van der Waals surface area (Å²) in [5.74, 6) is -1.49. The number of halogens is 1. The number of aromatic nitrogens is 2. The number of carbonyl (C=O) groups excluding carboxylic acids is 2. The Bertz CT molecular complexity index is 1510. The summed E-state index contributed by atoms with van der Waals surface area (Å²) in [6.45, 7) is 1.99. The molecule has 1 aliphatic rings. The summed E-state index contributed by atoms with van der Waals surface area (Å²) in [6.07, 6.45) is 1.70. The van der Waals surface area contributed by atoms with Crippen molar-refractivity contribution in [1.82, 2.24) is 14.7 Å². The highest BCUT2D eigenvalue weighted by atomic mass is 35.5. The van der Waals surface area contributed by atoms with Crippen LogP contribution in [-0.4, -0.2) is 55.5 Å². The van der Waals surface area contributed by atoms with E-state index in [1.54, 1.807) is 44.3 Å². The molecule has 2 aromatic carbocycles. The molecule has 1 aliphatic heterocycles. The predicted molar refractivity (Wildman–Crippen MR) is 140 cm³/mol. The second-order valence-corrected chi connectivity index (χ2v) is 10.8. The molecular weight excluding hydrogens is 536 g/mol. The van der Waals surface area contributed by atoms with Gasteiger partial charge in [-0.25, -0.2) is 17.9 Å². The van der Waals surface area contributed by atoms with Crippen molar-refractivity contribution in [3.05, 3.63) is 75.2 Å². The summed E-state index contributed by atoms with van der Waals surface area (Å²) < 4.78 is 42.0. The molecule has 0 spiro atoms. The molecule has 13 heteroatoms. The minimum atomic E-state index is -4.30. The van der Waals surface area contributed by atoms with Gasteiger partial charge in [-0.1, -0.05) is 29.8 Å². The molecule has 2 N–H and O–H groups in total. The summed E-state index contributed by atoms with van der Waals surface area (Å²) in [4.78, 5) is 37.4. The van der Waals surface area contributed by atoms with Crippen molar-refractivity contribution in [1.29, 1.82) is 0 Å². The van der Waals surface area contributed by atoms with Crippen LogP contribution in [0.1, 0.15) is 28.9 Å². The summed E-state index contributed by atoms with van der Waals surface area (Å²) in [7, 11) is -2.67. The summed E-state index contributed by atoms with van der Waals surface area (Å²) in [5, 5.41) is 2.57. The van der Waals surface area contributed by atoms with Gasteiger partial charge < -0.3 is 14.8 Å². The highest BCUT2D eigenvalue weighted by Crippen LogP contribution is 2.24. The number of para-hydroxylation sites is 1. The van der Waals surface area contributed by atoms with E-state index in [0.717, 1.165) is 18.9 Å².